The van der Waals surface area contributed by atoms with Crippen LogP contribution in [-0.4, -0.2) is 35.4 Å². The molecular formula is C28H23Cl2N3O6S2. The number of amides is 1. The molecule has 0 saturated heterocycles. The van der Waals surface area contributed by atoms with Crippen molar-refractivity contribution in [2.75, 3.05) is 20.9 Å². The van der Waals surface area contributed by atoms with Gasteiger partial charge in [0.05, 0.1) is 38.6 Å². The molecule has 0 saturated carbocycles. The lowest BCUT2D eigenvalue weighted by Gasteiger charge is -2.34. The first-order valence-electron chi connectivity index (χ1n) is 12.2. The van der Waals surface area contributed by atoms with Gasteiger partial charge in [0.15, 0.2) is 6.10 Å². The number of hydrogen-bond donors (Lipinski definition) is 2. The minimum atomic E-state index is -4.01. The number of anilines is 3. The second-order valence-electron chi connectivity index (χ2n) is 9.07. The SMILES string of the molecule is O=C(Nc1ccc(S(=O)(=O)Nc2cccc(Cl)c2Cl)cc1)C1CN(S(=O)(=O)Cc2ccccc2)c2ccccc2O1. The van der Waals surface area contributed by atoms with Crippen LogP contribution in [0.15, 0.2) is 102 Å². The van der Waals surface area contributed by atoms with Gasteiger partial charge in [-0.3, -0.25) is 13.8 Å². The molecule has 2 N–H and O–H groups in total. The van der Waals surface area contributed by atoms with Crippen molar-refractivity contribution in [1.82, 2.24) is 0 Å². The first-order valence-corrected chi connectivity index (χ1v) is 16.1. The topological polar surface area (TPSA) is 122 Å². The van der Waals surface area contributed by atoms with Crippen molar-refractivity contribution >= 4 is 66.2 Å². The van der Waals surface area contributed by atoms with Crippen LogP contribution in [0.4, 0.5) is 17.1 Å². The van der Waals surface area contributed by atoms with E-state index in [4.69, 9.17) is 27.9 Å². The molecule has 9 nitrogen and oxygen atoms in total. The summed E-state index contributed by atoms with van der Waals surface area (Å²) in [6.07, 6.45) is -1.16. The molecule has 5 rings (SSSR count). The number of rotatable bonds is 8. The number of carbonyl (C=O) groups is 1. The third-order valence-corrected chi connectivity index (χ3v) is 10.1. The molecule has 0 bridgehead atoms. The Balaban J connectivity index is 1.32. The zero-order chi connectivity index (χ0) is 29.2. The maximum atomic E-state index is 13.4. The lowest BCUT2D eigenvalue weighted by atomic mass is 10.2. The van der Waals surface area contributed by atoms with Crippen molar-refractivity contribution in [3.05, 3.63) is 113 Å². The van der Waals surface area contributed by atoms with Crippen LogP contribution in [0.3, 0.4) is 0 Å². The Morgan fingerprint density at radius 3 is 2.27 bits per heavy atom. The molecular weight excluding hydrogens is 609 g/mol. The van der Waals surface area contributed by atoms with Gasteiger partial charge in [-0.2, -0.15) is 0 Å². The summed E-state index contributed by atoms with van der Waals surface area (Å²) in [4.78, 5) is 13.1. The molecule has 0 spiro atoms. The summed E-state index contributed by atoms with van der Waals surface area (Å²) in [5, 5.41) is 2.93. The summed E-state index contributed by atoms with van der Waals surface area (Å²) in [6.45, 7) is -0.241. The first kappa shape index (κ1) is 28.7. The van der Waals surface area contributed by atoms with Crippen LogP contribution in [0, 0.1) is 0 Å². The minimum absolute atomic E-state index is 0.0653. The number of fused-ring (bicyclic) bond motifs is 1. The number of benzene rings is 4. The standard InChI is InChI=1S/C28H23Cl2N3O6S2/c29-22-9-6-10-23(27(22)30)32-41(37,38)21-15-13-20(14-16-21)31-28(34)26-17-33(24-11-4-5-12-25(24)39-26)40(35,36)18-19-7-2-1-3-8-19/h1-16,26,32H,17-18H2,(H,31,34). The molecule has 1 aliphatic heterocycles. The molecule has 1 atom stereocenters. The Hall–Kier alpha value is -3.77. The molecule has 0 radical (unpaired) electrons. The van der Waals surface area contributed by atoms with Gasteiger partial charge in [-0.1, -0.05) is 71.7 Å². The fourth-order valence-electron chi connectivity index (χ4n) is 4.19. The van der Waals surface area contributed by atoms with Crippen molar-refractivity contribution in [1.29, 1.82) is 0 Å². The molecule has 4 aromatic rings. The van der Waals surface area contributed by atoms with Crippen molar-refractivity contribution in [2.24, 2.45) is 0 Å². The lowest BCUT2D eigenvalue weighted by molar-refractivity contribution is -0.122. The van der Waals surface area contributed by atoms with Crippen molar-refractivity contribution < 1.29 is 26.4 Å². The van der Waals surface area contributed by atoms with Gasteiger partial charge in [0.2, 0.25) is 10.0 Å². The van der Waals surface area contributed by atoms with Crippen LogP contribution in [0.5, 0.6) is 5.75 Å². The van der Waals surface area contributed by atoms with E-state index in [-0.39, 0.29) is 44.4 Å². The van der Waals surface area contributed by atoms with Crippen LogP contribution in [0.2, 0.25) is 10.0 Å². The van der Waals surface area contributed by atoms with Gasteiger partial charge in [0, 0.05) is 5.69 Å². The Bertz CT molecular complexity index is 1800. The van der Waals surface area contributed by atoms with E-state index < -0.39 is 32.1 Å². The summed E-state index contributed by atoms with van der Waals surface area (Å²) in [7, 11) is -7.87. The van der Waals surface area contributed by atoms with Crippen LogP contribution >= 0.6 is 23.2 Å². The smallest absolute Gasteiger partial charge is 0.267 e. The van der Waals surface area contributed by atoms with E-state index in [0.29, 0.717) is 11.3 Å². The number of carbonyl (C=O) groups excluding carboxylic acids is 1. The molecule has 0 aromatic heterocycles. The Morgan fingerprint density at radius 2 is 1.54 bits per heavy atom. The van der Waals surface area contributed by atoms with Crippen LogP contribution < -0.4 is 19.1 Å². The highest BCUT2D eigenvalue weighted by molar-refractivity contribution is 7.92. The molecule has 41 heavy (non-hydrogen) atoms. The summed E-state index contributed by atoms with van der Waals surface area (Å²) in [5.41, 5.74) is 1.36. The van der Waals surface area contributed by atoms with Gasteiger partial charge in [0.25, 0.3) is 15.9 Å². The Morgan fingerprint density at radius 1 is 0.854 bits per heavy atom. The lowest BCUT2D eigenvalue weighted by Crippen LogP contribution is -2.49. The molecule has 0 fully saturated rings. The largest absolute Gasteiger partial charge is 0.476 e. The van der Waals surface area contributed by atoms with E-state index in [9.17, 15) is 21.6 Å². The average Bonchev–Trinajstić information content (AvgIpc) is 2.95. The number of para-hydroxylation sites is 2. The zero-order valence-corrected chi connectivity index (χ0v) is 24.3. The molecule has 212 valence electrons. The van der Waals surface area contributed by atoms with Gasteiger partial charge >= 0.3 is 0 Å². The molecule has 1 heterocycles. The van der Waals surface area contributed by atoms with E-state index in [1.165, 1.54) is 40.7 Å². The fourth-order valence-corrected chi connectivity index (χ4v) is 7.25. The average molecular weight is 633 g/mol. The number of hydrogen-bond acceptors (Lipinski definition) is 6. The van der Waals surface area contributed by atoms with Crippen LogP contribution in [-0.2, 0) is 30.6 Å². The number of nitrogens with zero attached hydrogens (tertiary/aromatic N) is 1. The quantitative estimate of drug-likeness (QED) is 0.264. The maximum Gasteiger partial charge on any atom is 0.267 e. The van der Waals surface area contributed by atoms with Gasteiger partial charge in [-0.05, 0) is 54.1 Å². The van der Waals surface area contributed by atoms with E-state index >= 15 is 0 Å². The number of nitrogens with one attached hydrogen (secondary N) is 2. The molecule has 13 heteroatoms. The maximum absolute atomic E-state index is 13.4. The van der Waals surface area contributed by atoms with E-state index in [2.05, 4.69) is 10.0 Å². The van der Waals surface area contributed by atoms with Crippen LogP contribution in [0.25, 0.3) is 0 Å². The summed E-state index contributed by atoms with van der Waals surface area (Å²) < 4.78 is 61.9. The first-order chi connectivity index (χ1) is 19.5. The molecule has 1 amide bonds. The van der Waals surface area contributed by atoms with E-state index in [0.717, 1.165) is 0 Å². The number of halogens is 2. The van der Waals surface area contributed by atoms with Gasteiger partial charge < -0.3 is 10.1 Å². The highest BCUT2D eigenvalue weighted by atomic mass is 35.5. The van der Waals surface area contributed by atoms with Gasteiger partial charge in [-0.15, -0.1) is 0 Å². The summed E-state index contributed by atoms with van der Waals surface area (Å²) >= 11 is 12.1. The molecule has 0 aliphatic carbocycles. The summed E-state index contributed by atoms with van der Waals surface area (Å²) in [5.74, 6) is -0.595. The second kappa shape index (κ2) is 11.6. The normalized spacial score (nSPS) is 15.0. The fraction of sp³-hybridized carbons (Fsp3) is 0.107. The highest BCUT2D eigenvalue weighted by Crippen LogP contribution is 2.36. The third kappa shape index (κ3) is 6.43. The monoisotopic (exact) mass is 631 g/mol. The van der Waals surface area contributed by atoms with E-state index in [1.807, 2.05) is 0 Å². The predicted octanol–water partition coefficient (Wildman–Crippen LogP) is 5.53. The van der Waals surface area contributed by atoms with Crippen molar-refractivity contribution in [3.8, 4) is 5.75 Å². The second-order valence-corrected chi connectivity index (χ2v) is 13.4. The van der Waals surface area contributed by atoms with Gasteiger partial charge in [0.1, 0.15) is 5.75 Å². The zero-order valence-electron chi connectivity index (χ0n) is 21.2. The van der Waals surface area contributed by atoms with Gasteiger partial charge in [-0.25, -0.2) is 16.8 Å². The number of ether oxygens (including phenoxy) is 1. The highest BCUT2D eigenvalue weighted by Gasteiger charge is 2.36. The minimum Gasteiger partial charge on any atom is -0.476 e. The third-order valence-electron chi connectivity index (χ3n) is 6.18. The Labute approximate surface area is 247 Å². The molecule has 1 unspecified atom stereocenters. The predicted molar refractivity (Wildman–Crippen MR) is 160 cm³/mol. The van der Waals surface area contributed by atoms with Crippen molar-refractivity contribution in [3.63, 3.8) is 0 Å². The summed E-state index contributed by atoms with van der Waals surface area (Å²) in [6, 6.07) is 25.4. The number of sulfonamides is 2. The van der Waals surface area contributed by atoms with Crippen LogP contribution in [0.1, 0.15) is 5.56 Å². The Kier molecular flexibility index (Phi) is 8.14. The molecule has 1 aliphatic rings. The van der Waals surface area contributed by atoms with E-state index in [1.54, 1.807) is 60.7 Å². The van der Waals surface area contributed by atoms with Crippen molar-refractivity contribution in [2.45, 2.75) is 16.8 Å². The molecule has 4 aromatic carbocycles.